The van der Waals surface area contributed by atoms with Gasteiger partial charge in [-0.05, 0) is 50.2 Å². The van der Waals surface area contributed by atoms with Crippen LogP contribution in [0.1, 0.15) is 36.1 Å². The number of benzene rings is 2. The Morgan fingerprint density at radius 2 is 1.94 bits per heavy atom. The van der Waals surface area contributed by atoms with E-state index in [2.05, 4.69) is 22.1 Å². The Kier molecular flexibility index (Phi) is 8.96. The molecule has 1 heterocycles. The quantitative estimate of drug-likeness (QED) is 0.229. The van der Waals surface area contributed by atoms with E-state index in [0.29, 0.717) is 28.8 Å². The smallest absolute Gasteiger partial charge is 0.338 e. The number of thioether (sulfide) groups is 1. The van der Waals surface area contributed by atoms with Crippen LogP contribution in [0.3, 0.4) is 0 Å². The van der Waals surface area contributed by atoms with E-state index in [1.54, 1.807) is 48.8 Å². The molecule has 0 aliphatic rings. The topological polar surface area (TPSA) is 95.3 Å². The van der Waals surface area contributed by atoms with Crippen molar-refractivity contribution < 1.29 is 27.8 Å². The average Bonchev–Trinajstić information content (AvgIpc) is 3.23. The van der Waals surface area contributed by atoms with Gasteiger partial charge in [-0.3, -0.25) is 9.36 Å². The van der Waals surface area contributed by atoms with Gasteiger partial charge in [0.2, 0.25) is 5.91 Å². The second kappa shape index (κ2) is 12.1. The molecule has 1 N–H and O–H groups in total. The molecule has 0 aliphatic carbocycles. The minimum Gasteiger partial charge on any atom is -0.480 e. The summed E-state index contributed by atoms with van der Waals surface area (Å²) in [6.07, 6.45) is 0.927. The lowest BCUT2D eigenvalue weighted by Crippen LogP contribution is -2.16. The van der Waals surface area contributed by atoms with Gasteiger partial charge in [-0.25, -0.2) is 13.6 Å². The molecule has 1 amide bonds. The standard InChI is InChI=1S/C24H24F2N4O4S/c1-4-12-30-22(15(3)34-20-11-8-17(25)13-19(20)26)28-29-24(30)35-14-21(31)27-18-9-6-16(7-10-18)23(32)33-5-2/h4,6-11,13,15H,1,5,12,14H2,2-3H3,(H,27,31). The molecule has 1 atom stereocenters. The number of carbonyl (C=O) groups excluding carboxylic acids is 2. The van der Waals surface area contributed by atoms with Crippen LogP contribution >= 0.6 is 11.8 Å². The molecular weight excluding hydrogens is 478 g/mol. The van der Waals surface area contributed by atoms with Crippen LogP contribution in [0.5, 0.6) is 5.75 Å². The molecule has 0 radical (unpaired) electrons. The zero-order chi connectivity index (χ0) is 25.4. The van der Waals surface area contributed by atoms with Crippen LogP contribution in [-0.2, 0) is 16.1 Å². The Morgan fingerprint density at radius 3 is 2.60 bits per heavy atom. The van der Waals surface area contributed by atoms with Crippen LogP contribution < -0.4 is 10.1 Å². The van der Waals surface area contributed by atoms with E-state index in [-0.39, 0.29) is 24.0 Å². The molecule has 1 aromatic heterocycles. The van der Waals surface area contributed by atoms with E-state index in [0.717, 1.165) is 23.9 Å². The lowest BCUT2D eigenvalue weighted by molar-refractivity contribution is -0.113. The lowest BCUT2D eigenvalue weighted by atomic mass is 10.2. The fraction of sp³-hybridized carbons (Fsp3) is 0.250. The van der Waals surface area contributed by atoms with E-state index in [9.17, 15) is 18.4 Å². The number of anilines is 1. The first-order valence-corrected chi connectivity index (χ1v) is 11.7. The number of halogens is 2. The zero-order valence-electron chi connectivity index (χ0n) is 19.2. The Hall–Kier alpha value is -3.73. The number of hydrogen-bond donors (Lipinski definition) is 1. The molecule has 0 bridgehead atoms. The number of allylic oxidation sites excluding steroid dienone is 1. The van der Waals surface area contributed by atoms with Gasteiger partial charge in [-0.2, -0.15) is 0 Å². The predicted octanol–water partition coefficient (Wildman–Crippen LogP) is 4.79. The normalized spacial score (nSPS) is 11.5. The molecule has 0 saturated heterocycles. The molecule has 35 heavy (non-hydrogen) atoms. The van der Waals surface area contributed by atoms with Crippen molar-refractivity contribution in [3.8, 4) is 5.75 Å². The highest BCUT2D eigenvalue weighted by Crippen LogP contribution is 2.27. The number of esters is 1. The first-order chi connectivity index (χ1) is 16.8. The second-order valence-electron chi connectivity index (χ2n) is 7.21. The minimum absolute atomic E-state index is 0.0384. The molecule has 3 aromatic rings. The molecule has 0 saturated carbocycles. The Balaban J connectivity index is 1.63. The van der Waals surface area contributed by atoms with Gasteiger partial charge in [0.1, 0.15) is 5.82 Å². The highest BCUT2D eigenvalue weighted by molar-refractivity contribution is 7.99. The van der Waals surface area contributed by atoms with Gasteiger partial charge in [-0.15, -0.1) is 16.8 Å². The van der Waals surface area contributed by atoms with Gasteiger partial charge in [0.25, 0.3) is 0 Å². The second-order valence-corrected chi connectivity index (χ2v) is 8.15. The highest BCUT2D eigenvalue weighted by atomic mass is 32.2. The Morgan fingerprint density at radius 1 is 1.20 bits per heavy atom. The van der Waals surface area contributed by atoms with Gasteiger partial charge in [0, 0.05) is 18.3 Å². The van der Waals surface area contributed by atoms with Crippen molar-refractivity contribution in [1.29, 1.82) is 0 Å². The maximum Gasteiger partial charge on any atom is 0.338 e. The summed E-state index contributed by atoms with van der Waals surface area (Å²) in [4.78, 5) is 24.2. The first kappa shape index (κ1) is 25.9. The van der Waals surface area contributed by atoms with Crippen molar-refractivity contribution in [2.75, 3.05) is 17.7 Å². The van der Waals surface area contributed by atoms with Gasteiger partial charge in [0.15, 0.2) is 28.7 Å². The number of rotatable bonds is 11. The molecule has 0 aliphatic heterocycles. The summed E-state index contributed by atoms with van der Waals surface area (Å²) in [6.45, 7) is 7.72. The summed E-state index contributed by atoms with van der Waals surface area (Å²) >= 11 is 1.15. The summed E-state index contributed by atoms with van der Waals surface area (Å²) < 4.78 is 39.4. The van der Waals surface area contributed by atoms with Crippen LogP contribution in [-0.4, -0.2) is 39.0 Å². The van der Waals surface area contributed by atoms with E-state index < -0.39 is 23.7 Å². The third-order valence-electron chi connectivity index (χ3n) is 4.63. The fourth-order valence-corrected chi connectivity index (χ4v) is 3.81. The van der Waals surface area contributed by atoms with E-state index in [4.69, 9.17) is 9.47 Å². The predicted molar refractivity (Wildman–Crippen MR) is 127 cm³/mol. The summed E-state index contributed by atoms with van der Waals surface area (Å²) in [6, 6.07) is 9.40. The summed E-state index contributed by atoms with van der Waals surface area (Å²) in [5, 5.41) is 11.4. The molecule has 8 nitrogen and oxygen atoms in total. The van der Waals surface area contributed by atoms with Crippen molar-refractivity contribution in [3.63, 3.8) is 0 Å². The molecule has 0 fully saturated rings. The number of amides is 1. The average molecular weight is 503 g/mol. The van der Waals surface area contributed by atoms with Crippen molar-refractivity contribution >= 4 is 29.3 Å². The summed E-state index contributed by atoms with van der Waals surface area (Å²) in [5.41, 5.74) is 0.918. The number of carbonyl (C=O) groups is 2. The van der Waals surface area contributed by atoms with Crippen molar-refractivity contribution in [3.05, 3.63) is 78.1 Å². The van der Waals surface area contributed by atoms with Gasteiger partial charge >= 0.3 is 5.97 Å². The number of aromatic nitrogens is 3. The monoisotopic (exact) mass is 502 g/mol. The molecule has 2 aromatic carbocycles. The SMILES string of the molecule is C=CCn1c(SCC(=O)Nc2ccc(C(=O)OCC)cc2)nnc1C(C)Oc1ccc(F)cc1F. The summed E-state index contributed by atoms with van der Waals surface area (Å²) in [5.74, 6) is -1.93. The van der Waals surface area contributed by atoms with Crippen molar-refractivity contribution in [2.24, 2.45) is 0 Å². The molecule has 1 unspecified atom stereocenters. The molecular formula is C24H24F2N4O4S. The van der Waals surface area contributed by atoms with Crippen LogP contribution in [0.15, 0.2) is 60.3 Å². The Labute approximate surface area is 205 Å². The lowest BCUT2D eigenvalue weighted by Gasteiger charge is -2.16. The van der Waals surface area contributed by atoms with Crippen LogP contribution in [0.25, 0.3) is 0 Å². The highest BCUT2D eigenvalue weighted by Gasteiger charge is 2.21. The number of nitrogens with one attached hydrogen (secondary N) is 1. The molecule has 0 spiro atoms. The fourth-order valence-electron chi connectivity index (χ4n) is 3.05. The maximum atomic E-state index is 14.0. The first-order valence-electron chi connectivity index (χ1n) is 10.7. The number of nitrogens with zero attached hydrogens (tertiary/aromatic N) is 3. The van der Waals surface area contributed by atoms with E-state index in [1.807, 2.05) is 0 Å². The van der Waals surface area contributed by atoms with Gasteiger partial charge < -0.3 is 14.8 Å². The number of ether oxygens (including phenoxy) is 2. The van der Waals surface area contributed by atoms with Crippen LogP contribution in [0.2, 0.25) is 0 Å². The molecule has 3 rings (SSSR count). The largest absolute Gasteiger partial charge is 0.480 e. The Bertz CT molecular complexity index is 1200. The van der Waals surface area contributed by atoms with Crippen molar-refractivity contribution in [2.45, 2.75) is 31.7 Å². The van der Waals surface area contributed by atoms with Gasteiger partial charge in [-0.1, -0.05) is 17.8 Å². The van der Waals surface area contributed by atoms with Crippen molar-refractivity contribution in [1.82, 2.24) is 14.8 Å². The maximum absolute atomic E-state index is 14.0. The number of hydrogen-bond acceptors (Lipinski definition) is 7. The zero-order valence-corrected chi connectivity index (χ0v) is 20.0. The van der Waals surface area contributed by atoms with Gasteiger partial charge in [0.05, 0.1) is 17.9 Å². The van der Waals surface area contributed by atoms with Crippen LogP contribution in [0, 0.1) is 11.6 Å². The summed E-state index contributed by atoms with van der Waals surface area (Å²) in [7, 11) is 0. The third-order valence-corrected chi connectivity index (χ3v) is 5.60. The van der Waals surface area contributed by atoms with E-state index in [1.165, 1.54) is 6.07 Å². The molecule has 11 heteroatoms. The minimum atomic E-state index is -0.826. The third kappa shape index (κ3) is 6.89. The van der Waals surface area contributed by atoms with E-state index >= 15 is 0 Å². The molecule has 184 valence electrons. The van der Waals surface area contributed by atoms with Crippen LogP contribution in [0.4, 0.5) is 14.5 Å².